The highest BCUT2D eigenvalue weighted by Gasteiger charge is 2.09. The van der Waals surface area contributed by atoms with E-state index < -0.39 is 0 Å². The fraction of sp³-hybridized carbons (Fsp3) is 0.182. The maximum atomic E-state index is 6.27. The van der Waals surface area contributed by atoms with Crippen LogP contribution in [0.25, 0.3) is 0 Å². The molecule has 0 aliphatic rings. The first kappa shape index (κ1) is 22.5. The molecule has 0 aliphatic carbocycles. The Hall–Kier alpha value is -3.23. The van der Waals surface area contributed by atoms with Gasteiger partial charge in [0.15, 0.2) is 5.11 Å². The summed E-state index contributed by atoms with van der Waals surface area (Å²) in [5.74, 6) is 1.48. The summed E-state index contributed by atoms with van der Waals surface area (Å²) in [6, 6.07) is 16.9. The molecule has 0 amide bonds. The van der Waals surface area contributed by atoms with Gasteiger partial charge in [-0.2, -0.15) is 0 Å². The van der Waals surface area contributed by atoms with Crippen LogP contribution in [0.5, 0.6) is 5.75 Å². The number of methoxy groups -OCH3 is 1. The summed E-state index contributed by atoms with van der Waals surface area (Å²) in [6.07, 6.45) is 0. The largest absolute Gasteiger partial charge is 0.495 e. The summed E-state index contributed by atoms with van der Waals surface area (Å²) in [4.78, 5) is 13.4. The number of halogens is 1. The van der Waals surface area contributed by atoms with Gasteiger partial charge in [-0.05, 0) is 55.9 Å². The van der Waals surface area contributed by atoms with Crippen LogP contribution >= 0.6 is 23.8 Å². The lowest BCUT2D eigenvalue weighted by Gasteiger charge is -2.16. The number of nitrogens with zero attached hydrogens (tertiary/aromatic N) is 3. The summed E-state index contributed by atoms with van der Waals surface area (Å²) < 4.78 is 5.36. The number of anilines is 2. The maximum Gasteiger partial charge on any atom is 0.229 e. The van der Waals surface area contributed by atoms with Crippen LogP contribution in [0.15, 0.2) is 59.6 Å². The Morgan fingerprint density at radius 2 is 1.71 bits per heavy atom. The maximum absolute atomic E-state index is 6.27. The van der Waals surface area contributed by atoms with E-state index in [0.717, 1.165) is 22.6 Å². The highest BCUT2D eigenvalue weighted by atomic mass is 35.5. The molecule has 0 fully saturated rings. The summed E-state index contributed by atoms with van der Waals surface area (Å²) >= 11 is 11.7. The van der Waals surface area contributed by atoms with E-state index in [1.54, 1.807) is 7.11 Å². The van der Waals surface area contributed by atoms with Crippen LogP contribution < -0.4 is 20.7 Å². The van der Waals surface area contributed by atoms with E-state index in [-0.39, 0.29) is 0 Å². The van der Waals surface area contributed by atoms with E-state index in [4.69, 9.17) is 28.6 Å². The number of aliphatic imine (C=N–C) groups is 1. The lowest BCUT2D eigenvalue weighted by molar-refractivity contribution is 0.417. The molecule has 0 atom stereocenters. The van der Waals surface area contributed by atoms with Crippen LogP contribution in [-0.2, 0) is 6.54 Å². The quantitative estimate of drug-likeness (QED) is 0.292. The number of aromatic nitrogens is 2. The topological polar surface area (TPSA) is 83.5 Å². The smallest absolute Gasteiger partial charge is 0.229 e. The number of aryl methyl sites for hydroxylation is 2. The molecule has 9 heteroatoms. The van der Waals surface area contributed by atoms with Gasteiger partial charge >= 0.3 is 0 Å². The van der Waals surface area contributed by atoms with E-state index in [1.807, 2.05) is 68.4 Å². The van der Waals surface area contributed by atoms with Gasteiger partial charge in [0.05, 0.1) is 19.3 Å². The Morgan fingerprint density at radius 3 is 2.42 bits per heavy atom. The minimum absolute atomic E-state index is 0.333. The zero-order valence-corrected chi connectivity index (χ0v) is 19.0. The van der Waals surface area contributed by atoms with Crippen LogP contribution in [0.4, 0.5) is 11.6 Å². The van der Waals surface area contributed by atoms with Crippen molar-refractivity contribution in [1.29, 1.82) is 0 Å². The van der Waals surface area contributed by atoms with Crippen LogP contribution in [0.1, 0.15) is 17.0 Å². The average Bonchev–Trinajstić information content (AvgIpc) is 2.72. The predicted octanol–water partition coefficient (Wildman–Crippen LogP) is 4.71. The molecule has 0 aliphatic heterocycles. The molecule has 0 bridgehead atoms. The lowest BCUT2D eigenvalue weighted by Crippen LogP contribution is -2.39. The monoisotopic (exact) mass is 454 g/mol. The van der Waals surface area contributed by atoms with E-state index in [2.05, 4.69) is 30.9 Å². The third-order valence-corrected chi connectivity index (χ3v) is 4.74. The zero-order valence-electron chi connectivity index (χ0n) is 17.4. The fourth-order valence-electron chi connectivity index (χ4n) is 2.80. The van der Waals surface area contributed by atoms with Gasteiger partial charge in [-0.15, -0.1) is 0 Å². The predicted molar refractivity (Wildman–Crippen MR) is 130 cm³/mol. The number of benzene rings is 2. The number of thiocarbonyl (C=S) groups is 1. The molecule has 0 spiro atoms. The zero-order chi connectivity index (χ0) is 22.2. The Kier molecular flexibility index (Phi) is 7.75. The molecule has 0 unspecified atom stereocenters. The van der Waals surface area contributed by atoms with Crippen molar-refractivity contribution in [3.8, 4) is 5.75 Å². The van der Waals surface area contributed by atoms with Crippen LogP contribution in [0, 0.1) is 13.8 Å². The molecule has 3 rings (SSSR count). The van der Waals surface area contributed by atoms with Crippen molar-refractivity contribution in [2.45, 2.75) is 20.4 Å². The van der Waals surface area contributed by atoms with Gasteiger partial charge in [-0.3, -0.25) is 5.32 Å². The molecular formula is C22H23ClN6OS. The molecule has 160 valence electrons. The third kappa shape index (κ3) is 6.63. The molecule has 1 heterocycles. The van der Waals surface area contributed by atoms with Gasteiger partial charge in [0.2, 0.25) is 11.9 Å². The number of hydrogen-bond donors (Lipinski definition) is 3. The van der Waals surface area contributed by atoms with Crippen LogP contribution in [0.2, 0.25) is 5.02 Å². The molecular weight excluding hydrogens is 432 g/mol. The first-order valence-corrected chi connectivity index (χ1v) is 10.3. The molecule has 7 nitrogen and oxygen atoms in total. The van der Waals surface area contributed by atoms with Crippen molar-refractivity contribution in [1.82, 2.24) is 15.3 Å². The Labute approximate surface area is 191 Å². The summed E-state index contributed by atoms with van der Waals surface area (Å²) in [5, 5.41) is 10.3. The molecule has 0 radical (unpaired) electrons. The first-order chi connectivity index (χ1) is 14.9. The molecule has 3 N–H and O–H groups in total. The molecule has 0 saturated carbocycles. The highest BCUT2D eigenvalue weighted by molar-refractivity contribution is 7.80. The number of para-hydroxylation sites is 2. The van der Waals surface area contributed by atoms with Gasteiger partial charge in [-0.25, -0.2) is 15.0 Å². The van der Waals surface area contributed by atoms with Gasteiger partial charge in [0.25, 0.3) is 0 Å². The average molecular weight is 455 g/mol. The van der Waals surface area contributed by atoms with Crippen molar-refractivity contribution < 1.29 is 4.74 Å². The Bertz CT molecular complexity index is 1080. The molecule has 0 saturated heterocycles. The van der Waals surface area contributed by atoms with Gasteiger partial charge in [0.1, 0.15) is 5.75 Å². The van der Waals surface area contributed by atoms with E-state index in [0.29, 0.717) is 34.3 Å². The normalized spacial score (nSPS) is 11.0. The van der Waals surface area contributed by atoms with Crippen molar-refractivity contribution in [3.05, 3.63) is 76.6 Å². The Balaban J connectivity index is 1.81. The SMILES string of the molecule is COc1ccccc1NC(=S)NC(=NCc1ccccc1Cl)Nc1nc(C)cc(C)n1. The molecule has 2 aromatic carbocycles. The second kappa shape index (κ2) is 10.7. The summed E-state index contributed by atoms with van der Waals surface area (Å²) in [6.45, 7) is 4.15. The van der Waals surface area contributed by atoms with Gasteiger partial charge in [0, 0.05) is 16.4 Å². The van der Waals surface area contributed by atoms with E-state index in [1.165, 1.54) is 0 Å². The molecule has 31 heavy (non-hydrogen) atoms. The van der Waals surface area contributed by atoms with Crippen molar-refractivity contribution in [3.63, 3.8) is 0 Å². The van der Waals surface area contributed by atoms with E-state index in [9.17, 15) is 0 Å². The summed E-state index contributed by atoms with van der Waals surface area (Å²) in [5.41, 5.74) is 3.30. The number of nitrogens with one attached hydrogen (secondary N) is 3. The number of rotatable bonds is 5. The van der Waals surface area contributed by atoms with Crippen molar-refractivity contribution in [2.75, 3.05) is 17.7 Å². The van der Waals surface area contributed by atoms with Crippen LogP contribution in [-0.4, -0.2) is 28.1 Å². The Morgan fingerprint density at radius 1 is 1.03 bits per heavy atom. The fourth-order valence-corrected chi connectivity index (χ4v) is 3.20. The number of ether oxygens (including phenoxy) is 1. The highest BCUT2D eigenvalue weighted by Crippen LogP contribution is 2.22. The van der Waals surface area contributed by atoms with Crippen LogP contribution in [0.3, 0.4) is 0 Å². The number of hydrogen-bond acceptors (Lipinski definition) is 5. The van der Waals surface area contributed by atoms with Crippen molar-refractivity contribution >= 4 is 46.5 Å². The van der Waals surface area contributed by atoms with Gasteiger partial charge in [-0.1, -0.05) is 41.9 Å². The van der Waals surface area contributed by atoms with Crippen molar-refractivity contribution in [2.24, 2.45) is 4.99 Å². The molecule has 1 aromatic heterocycles. The lowest BCUT2D eigenvalue weighted by atomic mass is 10.2. The minimum atomic E-state index is 0.333. The van der Waals surface area contributed by atoms with Gasteiger partial charge < -0.3 is 15.4 Å². The first-order valence-electron chi connectivity index (χ1n) is 9.53. The molecule has 3 aromatic rings. The summed E-state index contributed by atoms with van der Waals surface area (Å²) in [7, 11) is 1.60. The minimum Gasteiger partial charge on any atom is -0.495 e. The number of guanidine groups is 1. The second-order valence-corrected chi connectivity index (χ2v) is 7.45. The third-order valence-electron chi connectivity index (χ3n) is 4.16. The second-order valence-electron chi connectivity index (χ2n) is 6.63. The van der Waals surface area contributed by atoms with E-state index >= 15 is 0 Å². The standard InChI is InChI=1S/C22H23ClN6OS/c1-14-12-15(2)26-21(25-14)28-20(24-13-16-8-4-5-9-17(16)23)29-22(31)27-18-10-6-7-11-19(18)30-3/h4-12H,13H2,1-3H3,(H3,24,25,26,27,28,29,31).